The highest BCUT2D eigenvalue weighted by Crippen LogP contribution is 2.27. The second-order valence-corrected chi connectivity index (χ2v) is 4.31. The van der Waals surface area contributed by atoms with Crippen molar-refractivity contribution in [2.75, 3.05) is 5.32 Å². The largest absolute Gasteiger partial charge is 0.472 e. The molecule has 0 radical (unpaired) electrons. The van der Waals surface area contributed by atoms with Crippen LogP contribution in [0.5, 0.6) is 0 Å². The zero-order valence-electron chi connectivity index (χ0n) is 9.58. The fourth-order valence-electron chi connectivity index (χ4n) is 1.65. The first-order valence-electron chi connectivity index (χ1n) is 5.18. The van der Waals surface area contributed by atoms with Gasteiger partial charge in [-0.1, -0.05) is 17.7 Å². The number of aryl methyl sites for hydroxylation is 2. The predicted octanol–water partition coefficient (Wildman–Crippen LogP) is 3.80. The van der Waals surface area contributed by atoms with Gasteiger partial charge in [0.15, 0.2) is 0 Å². The van der Waals surface area contributed by atoms with E-state index in [9.17, 15) is 4.79 Å². The molecular formula is C13H12ClNO2. The number of anilines is 1. The van der Waals surface area contributed by atoms with Gasteiger partial charge in [0.25, 0.3) is 5.91 Å². The van der Waals surface area contributed by atoms with Crippen molar-refractivity contribution in [2.45, 2.75) is 13.8 Å². The third-order valence-electron chi connectivity index (χ3n) is 2.45. The summed E-state index contributed by atoms with van der Waals surface area (Å²) in [5.41, 5.74) is 3.12. The summed E-state index contributed by atoms with van der Waals surface area (Å²) in [5, 5.41) is 3.32. The zero-order valence-corrected chi connectivity index (χ0v) is 10.3. The lowest BCUT2D eigenvalue weighted by molar-refractivity contribution is 0.102. The average Bonchev–Trinajstić information content (AvgIpc) is 2.76. The second-order valence-electron chi connectivity index (χ2n) is 3.90. The molecule has 1 aromatic carbocycles. The summed E-state index contributed by atoms with van der Waals surface area (Å²) in [6.45, 7) is 3.87. The number of carbonyl (C=O) groups excluding carboxylic acids is 1. The maximum atomic E-state index is 11.8. The lowest BCUT2D eigenvalue weighted by Crippen LogP contribution is -2.12. The van der Waals surface area contributed by atoms with Gasteiger partial charge in [0.05, 0.1) is 22.5 Å². The fraction of sp³-hybridized carbons (Fsp3) is 0.154. The lowest BCUT2D eigenvalue weighted by atomic mass is 10.1. The Hall–Kier alpha value is -1.74. The lowest BCUT2D eigenvalue weighted by Gasteiger charge is -2.10. The Morgan fingerprint density at radius 3 is 2.71 bits per heavy atom. The Morgan fingerprint density at radius 1 is 1.35 bits per heavy atom. The van der Waals surface area contributed by atoms with E-state index in [0.29, 0.717) is 16.3 Å². The van der Waals surface area contributed by atoms with E-state index < -0.39 is 0 Å². The number of nitrogens with one attached hydrogen (secondary N) is 1. The van der Waals surface area contributed by atoms with Crippen molar-refractivity contribution in [3.05, 3.63) is 52.4 Å². The van der Waals surface area contributed by atoms with Gasteiger partial charge < -0.3 is 9.73 Å². The number of amides is 1. The average molecular weight is 250 g/mol. The maximum absolute atomic E-state index is 11.8. The quantitative estimate of drug-likeness (QED) is 0.880. The third-order valence-corrected chi connectivity index (χ3v) is 2.75. The molecular weight excluding hydrogens is 238 g/mol. The Bertz CT molecular complexity index is 524. The van der Waals surface area contributed by atoms with Gasteiger partial charge in [0.2, 0.25) is 0 Å². The van der Waals surface area contributed by atoms with E-state index in [1.165, 1.54) is 12.5 Å². The number of halogens is 1. The smallest absolute Gasteiger partial charge is 0.258 e. The molecule has 0 fully saturated rings. The molecule has 0 atom stereocenters. The van der Waals surface area contributed by atoms with Crippen molar-refractivity contribution in [3.63, 3.8) is 0 Å². The number of hydrogen-bond acceptors (Lipinski definition) is 2. The molecule has 0 saturated heterocycles. The molecule has 2 aromatic rings. The van der Waals surface area contributed by atoms with E-state index in [4.69, 9.17) is 16.0 Å². The molecule has 1 heterocycles. The van der Waals surface area contributed by atoms with Crippen LogP contribution >= 0.6 is 11.6 Å². The van der Waals surface area contributed by atoms with Gasteiger partial charge in [-0.25, -0.2) is 0 Å². The molecule has 4 heteroatoms. The van der Waals surface area contributed by atoms with Crippen LogP contribution in [0.4, 0.5) is 5.69 Å². The van der Waals surface area contributed by atoms with Crippen molar-refractivity contribution in [2.24, 2.45) is 0 Å². The summed E-state index contributed by atoms with van der Waals surface area (Å²) in [4.78, 5) is 11.8. The monoisotopic (exact) mass is 249 g/mol. The van der Waals surface area contributed by atoms with E-state index in [2.05, 4.69) is 5.32 Å². The first-order chi connectivity index (χ1) is 8.08. The van der Waals surface area contributed by atoms with Crippen LogP contribution in [-0.2, 0) is 0 Å². The minimum Gasteiger partial charge on any atom is -0.472 e. The van der Waals surface area contributed by atoms with Gasteiger partial charge in [0.1, 0.15) is 6.26 Å². The number of benzene rings is 1. The molecule has 0 aliphatic rings. The Labute approximate surface area is 104 Å². The van der Waals surface area contributed by atoms with Crippen molar-refractivity contribution < 1.29 is 9.21 Å². The molecule has 1 amide bonds. The highest BCUT2D eigenvalue weighted by molar-refractivity contribution is 6.34. The van der Waals surface area contributed by atoms with Crippen molar-refractivity contribution in [1.82, 2.24) is 0 Å². The van der Waals surface area contributed by atoms with E-state index in [1.54, 1.807) is 6.07 Å². The molecule has 88 valence electrons. The van der Waals surface area contributed by atoms with Crippen LogP contribution < -0.4 is 5.32 Å². The molecule has 0 bridgehead atoms. The van der Waals surface area contributed by atoms with E-state index >= 15 is 0 Å². The van der Waals surface area contributed by atoms with E-state index in [-0.39, 0.29) is 5.91 Å². The van der Waals surface area contributed by atoms with Crippen LogP contribution in [0.2, 0.25) is 5.02 Å². The minimum absolute atomic E-state index is 0.229. The molecule has 0 spiro atoms. The van der Waals surface area contributed by atoms with Crippen LogP contribution in [0.15, 0.2) is 35.1 Å². The molecule has 1 aromatic heterocycles. The van der Waals surface area contributed by atoms with Crippen LogP contribution in [0, 0.1) is 13.8 Å². The summed E-state index contributed by atoms with van der Waals surface area (Å²) in [6, 6.07) is 5.39. The molecule has 1 N–H and O–H groups in total. The van der Waals surface area contributed by atoms with Crippen LogP contribution in [0.25, 0.3) is 0 Å². The number of furan rings is 1. The van der Waals surface area contributed by atoms with Crippen molar-refractivity contribution in [1.29, 1.82) is 0 Å². The number of rotatable bonds is 2. The molecule has 0 unspecified atom stereocenters. The summed E-state index contributed by atoms with van der Waals surface area (Å²) < 4.78 is 4.86. The van der Waals surface area contributed by atoms with Gasteiger partial charge in [-0.05, 0) is 37.1 Å². The SMILES string of the molecule is Cc1cc(C)c(NC(=O)c2ccoc2)c(Cl)c1. The van der Waals surface area contributed by atoms with Gasteiger partial charge in [0, 0.05) is 0 Å². The molecule has 0 saturated carbocycles. The zero-order chi connectivity index (χ0) is 12.4. The summed E-state index contributed by atoms with van der Waals surface area (Å²) in [7, 11) is 0. The highest BCUT2D eigenvalue weighted by Gasteiger charge is 2.11. The highest BCUT2D eigenvalue weighted by atomic mass is 35.5. The molecule has 0 aliphatic heterocycles. The van der Waals surface area contributed by atoms with Crippen molar-refractivity contribution in [3.8, 4) is 0 Å². The van der Waals surface area contributed by atoms with Gasteiger partial charge in [-0.2, -0.15) is 0 Å². The maximum Gasteiger partial charge on any atom is 0.258 e. The first-order valence-corrected chi connectivity index (χ1v) is 5.56. The normalized spacial score (nSPS) is 10.3. The Balaban J connectivity index is 2.28. The summed E-state index contributed by atoms with van der Waals surface area (Å²) >= 11 is 6.10. The van der Waals surface area contributed by atoms with Gasteiger partial charge in [-0.15, -0.1) is 0 Å². The van der Waals surface area contributed by atoms with Crippen LogP contribution in [0.1, 0.15) is 21.5 Å². The standard InChI is InChI=1S/C13H12ClNO2/c1-8-5-9(2)12(11(14)6-8)15-13(16)10-3-4-17-7-10/h3-7H,1-2H3,(H,15,16). The number of hydrogen-bond donors (Lipinski definition) is 1. The topological polar surface area (TPSA) is 42.2 Å². The molecule has 0 aliphatic carbocycles. The van der Waals surface area contributed by atoms with Gasteiger partial charge in [-0.3, -0.25) is 4.79 Å². The molecule has 17 heavy (non-hydrogen) atoms. The Morgan fingerprint density at radius 2 is 2.12 bits per heavy atom. The van der Waals surface area contributed by atoms with Crippen LogP contribution in [-0.4, -0.2) is 5.91 Å². The summed E-state index contributed by atoms with van der Waals surface area (Å²) in [5.74, 6) is -0.229. The fourth-order valence-corrected chi connectivity index (χ4v) is 2.02. The molecule has 3 nitrogen and oxygen atoms in total. The van der Waals surface area contributed by atoms with E-state index in [0.717, 1.165) is 11.1 Å². The van der Waals surface area contributed by atoms with Crippen LogP contribution in [0.3, 0.4) is 0 Å². The first kappa shape index (κ1) is 11.7. The summed E-state index contributed by atoms with van der Waals surface area (Å²) in [6.07, 6.45) is 2.85. The third kappa shape index (κ3) is 2.50. The molecule has 2 rings (SSSR count). The number of carbonyl (C=O) groups is 1. The van der Waals surface area contributed by atoms with Crippen molar-refractivity contribution >= 4 is 23.2 Å². The van der Waals surface area contributed by atoms with Gasteiger partial charge >= 0.3 is 0 Å². The van der Waals surface area contributed by atoms with E-state index in [1.807, 2.05) is 26.0 Å². The minimum atomic E-state index is -0.229. The second kappa shape index (κ2) is 4.63. The predicted molar refractivity (Wildman–Crippen MR) is 67.6 cm³/mol. The Kier molecular flexibility index (Phi) is 3.20.